The molecule has 0 radical (unpaired) electrons. The number of likely N-dealkylation sites (N-methyl/N-ethyl adjacent to an activating group) is 2. The van der Waals surface area contributed by atoms with E-state index >= 15 is 0 Å². The normalized spacial score (nSPS) is 18.4. The van der Waals surface area contributed by atoms with E-state index in [1.54, 1.807) is 0 Å². The second kappa shape index (κ2) is 13.6. The summed E-state index contributed by atoms with van der Waals surface area (Å²) >= 11 is 0. The van der Waals surface area contributed by atoms with E-state index < -0.39 is 0 Å². The Morgan fingerprint density at radius 3 is 1.43 bits per heavy atom. The standard InChI is InChI=1S/C27H37N5O3.2ClH/c1-29-7-11-31(12-8-29)15-17-34-21-3-5-23-24-6-4-22(20-26(24)27(28-33)25(23)19-21)35-18-16-32-13-9-30(2)10-14-32;;/h3-6,19-20,33H,7-18H2,1-2H3;2*1H. The fraction of sp³-hybridized carbons (Fsp3) is 0.519. The van der Waals surface area contributed by atoms with E-state index in [4.69, 9.17) is 9.47 Å². The Hall–Kier alpha value is -2.07. The lowest BCUT2D eigenvalue weighted by Gasteiger charge is -2.32. The van der Waals surface area contributed by atoms with Crippen molar-refractivity contribution in [1.29, 1.82) is 0 Å². The van der Waals surface area contributed by atoms with Crippen LogP contribution in [0, 0.1) is 0 Å². The number of hydrogen-bond donors (Lipinski definition) is 1. The first-order valence-corrected chi connectivity index (χ1v) is 12.7. The minimum atomic E-state index is 0. The van der Waals surface area contributed by atoms with Gasteiger partial charge in [0.2, 0.25) is 0 Å². The Balaban J connectivity index is 0.00000190. The zero-order chi connectivity index (χ0) is 24.2. The van der Waals surface area contributed by atoms with Crippen LogP contribution in [0.15, 0.2) is 41.6 Å². The van der Waals surface area contributed by atoms with Gasteiger partial charge in [-0.3, -0.25) is 9.80 Å². The number of halogens is 2. The van der Waals surface area contributed by atoms with Crippen LogP contribution in [0.3, 0.4) is 0 Å². The van der Waals surface area contributed by atoms with Crippen molar-refractivity contribution in [2.24, 2.45) is 5.16 Å². The minimum Gasteiger partial charge on any atom is -0.492 e. The molecule has 1 N–H and O–H groups in total. The van der Waals surface area contributed by atoms with Gasteiger partial charge in [0, 0.05) is 76.6 Å². The quantitative estimate of drug-likeness (QED) is 0.341. The second-order valence-corrected chi connectivity index (χ2v) is 9.85. The van der Waals surface area contributed by atoms with Crippen molar-refractivity contribution in [1.82, 2.24) is 19.6 Å². The lowest BCUT2D eigenvalue weighted by Crippen LogP contribution is -2.45. The molecule has 2 aromatic carbocycles. The summed E-state index contributed by atoms with van der Waals surface area (Å²) in [6.45, 7) is 11.9. The lowest BCUT2D eigenvalue weighted by atomic mass is 10.1. The van der Waals surface area contributed by atoms with Crippen LogP contribution in [-0.4, -0.2) is 123 Å². The van der Waals surface area contributed by atoms with Crippen LogP contribution in [0.25, 0.3) is 11.1 Å². The van der Waals surface area contributed by atoms with Crippen molar-refractivity contribution in [3.05, 3.63) is 47.5 Å². The van der Waals surface area contributed by atoms with Gasteiger partial charge in [0.15, 0.2) is 0 Å². The van der Waals surface area contributed by atoms with E-state index in [1.807, 2.05) is 24.3 Å². The van der Waals surface area contributed by atoms with E-state index in [1.165, 1.54) is 0 Å². The molecule has 2 saturated heterocycles. The van der Waals surface area contributed by atoms with E-state index in [0.29, 0.717) is 18.9 Å². The van der Waals surface area contributed by atoms with Crippen LogP contribution >= 0.6 is 24.8 Å². The summed E-state index contributed by atoms with van der Waals surface area (Å²) in [5.41, 5.74) is 4.49. The highest BCUT2D eigenvalue weighted by atomic mass is 35.5. The van der Waals surface area contributed by atoms with Crippen molar-refractivity contribution >= 4 is 30.5 Å². The average Bonchev–Trinajstić information content (AvgIpc) is 3.18. The summed E-state index contributed by atoms with van der Waals surface area (Å²) in [5.74, 6) is 1.60. The second-order valence-electron chi connectivity index (χ2n) is 9.85. The Labute approximate surface area is 232 Å². The van der Waals surface area contributed by atoms with E-state index in [2.05, 4.69) is 51.0 Å². The third kappa shape index (κ3) is 7.07. The molecule has 0 aromatic heterocycles. The van der Waals surface area contributed by atoms with E-state index in [-0.39, 0.29) is 24.8 Å². The summed E-state index contributed by atoms with van der Waals surface area (Å²) in [6.07, 6.45) is 0. The third-order valence-electron chi connectivity index (χ3n) is 7.43. The first-order valence-electron chi connectivity index (χ1n) is 12.7. The molecular formula is C27H39Cl2N5O3. The number of piperazine rings is 2. The first kappa shape index (κ1) is 29.5. The fourth-order valence-corrected chi connectivity index (χ4v) is 5.07. The summed E-state index contributed by atoms with van der Waals surface area (Å²) in [4.78, 5) is 9.59. The largest absolute Gasteiger partial charge is 0.492 e. The summed E-state index contributed by atoms with van der Waals surface area (Å²) < 4.78 is 12.1. The number of benzene rings is 2. The Kier molecular flexibility index (Phi) is 10.9. The average molecular weight is 553 g/mol. The molecule has 0 amide bonds. The van der Waals surface area contributed by atoms with Gasteiger partial charge in [-0.05, 0) is 61.6 Å². The van der Waals surface area contributed by atoms with Crippen molar-refractivity contribution in [2.45, 2.75) is 0 Å². The Morgan fingerprint density at radius 2 is 1.05 bits per heavy atom. The molecule has 2 heterocycles. The van der Waals surface area contributed by atoms with Crippen LogP contribution < -0.4 is 9.47 Å². The molecule has 5 rings (SSSR count). The number of nitrogens with zero attached hydrogens (tertiary/aromatic N) is 5. The van der Waals surface area contributed by atoms with Gasteiger partial charge in [-0.25, -0.2) is 0 Å². The maximum absolute atomic E-state index is 9.86. The number of fused-ring (bicyclic) bond motifs is 3. The monoisotopic (exact) mass is 551 g/mol. The van der Waals surface area contributed by atoms with Crippen LogP contribution in [0.2, 0.25) is 0 Å². The molecule has 8 nitrogen and oxygen atoms in total. The number of hydrogen-bond acceptors (Lipinski definition) is 8. The first-order chi connectivity index (χ1) is 17.1. The topological polar surface area (TPSA) is 64.0 Å². The highest BCUT2D eigenvalue weighted by molar-refractivity contribution is 6.24. The zero-order valence-electron chi connectivity index (χ0n) is 21.8. The van der Waals surface area contributed by atoms with Crippen molar-refractivity contribution < 1.29 is 14.7 Å². The van der Waals surface area contributed by atoms with Crippen LogP contribution in [0.4, 0.5) is 0 Å². The predicted molar refractivity (Wildman–Crippen MR) is 153 cm³/mol. The molecule has 204 valence electrons. The van der Waals surface area contributed by atoms with E-state index in [0.717, 1.165) is 99.2 Å². The van der Waals surface area contributed by atoms with Crippen LogP contribution in [-0.2, 0) is 0 Å². The molecule has 0 atom stereocenters. The van der Waals surface area contributed by atoms with Gasteiger partial charge in [-0.1, -0.05) is 5.16 Å². The number of ether oxygens (including phenoxy) is 2. The lowest BCUT2D eigenvalue weighted by molar-refractivity contribution is 0.133. The zero-order valence-corrected chi connectivity index (χ0v) is 23.4. The highest BCUT2D eigenvalue weighted by Crippen LogP contribution is 2.40. The van der Waals surface area contributed by atoms with Crippen molar-refractivity contribution in [2.75, 3.05) is 92.8 Å². The Morgan fingerprint density at radius 1 is 0.649 bits per heavy atom. The van der Waals surface area contributed by atoms with Crippen LogP contribution in [0.5, 0.6) is 11.5 Å². The van der Waals surface area contributed by atoms with Crippen molar-refractivity contribution in [3.8, 4) is 22.6 Å². The highest BCUT2D eigenvalue weighted by Gasteiger charge is 2.27. The molecular weight excluding hydrogens is 513 g/mol. The smallest absolute Gasteiger partial charge is 0.120 e. The summed E-state index contributed by atoms with van der Waals surface area (Å²) in [7, 11) is 4.33. The molecule has 2 fully saturated rings. The SMILES string of the molecule is CN1CCN(CCOc2ccc3c(c2)C(=NO)c2cc(OCCN4CCN(C)CC4)ccc2-3)CC1.Cl.Cl. The minimum absolute atomic E-state index is 0. The number of rotatable bonds is 8. The summed E-state index contributed by atoms with van der Waals surface area (Å²) in [6, 6.07) is 12.1. The molecule has 3 aliphatic rings. The molecule has 1 aliphatic carbocycles. The maximum Gasteiger partial charge on any atom is 0.120 e. The summed E-state index contributed by atoms with van der Waals surface area (Å²) in [5, 5.41) is 13.5. The Bertz CT molecular complexity index is 975. The van der Waals surface area contributed by atoms with Crippen LogP contribution in [0.1, 0.15) is 11.1 Å². The molecule has 2 aliphatic heterocycles. The predicted octanol–water partition coefficient (Wildman–Crippen LogP) is 2.99. The molecule has 0 bridgehead atoms. The van der Waals surface area contributed by atoms with Gasteiger partial charge in [0.05, 0.1) is 0 Å². The van der Waals surface area contributed by atoms with Gasteiger partial charge in [-0.2, -0.15) is 0 Å². The van der Waals surface area contributed by atoms with Gasteiger partial charge in [-0.15, -0.1) is 24.8 Å². The fourth-order valence-electron chi connectivity index (χ4n) is 5.07. The van der Waals surface area contributed by atoms with Gasteiger partial charge < -0.3 is 24.5 Å². The molecule has 37 heavy (non-hydrogen) atoms. The van der Waals surface area contributed by atoms with E-state index in [9.17, 15) is 5.21 Å². The third-order valence-corrected chi connectivity index (χ3v) is 7.43. The maximum atomic E-state index is 9.86. The molecule has 0 spiro atoms. The molecule has 10 heteroatoms. The van der Waals surface area contributed by atoms with Gasteiger partial charge >= 0.3 is 0 Å². The number of oxime groups is 1. The van der Waals surface area contributed by atoms with Gasteiger partial charge in [0.1, 0.15) is 30.4 Å². The molecule has 2 aromatic rings. The molecule has 0 unspecified atom stereocenters. The molecule has 0 saturated carbocycles. The van der Waals surface area contributed by atoms with Gasteiger partial charge in [0.25, 0.3) is 0 Å². The van der Waals surface area contributed by atoms with Crippen molar-refractivity contribution in [3.63, 3.8) is 0 Å².